The van der Waals surface area contributed by atoms with Gasteiger partial charge in [-0.15, -0.1) is 13.2 Å². The van der Waals surface area contributed by atoms with Gasteiger partial charge in [-0.3, -0.25) is 14.4 Å². The van der Waals surface area contributed by atoms with Crippen molar-refractivity contribution in [1.82, 2.24) is 4.90 Å². The molecule has 0 bridgehead atoms. The normalized spacial score (nSPS) is 20.4. The van der Waals surface area contributed by atoms with E-state index in [1.165, 1.54) is 17.0 Å². The molecule has 3 atom stereocenters. The van der Waals surface area contributed by atoms with Crippen molar-refractivity contribution in [2.45, 2.75) is 63.1 Å². The van der Waals surface area contributed by atoms with Crippen LogP contribution in [0.15, 0.2) is 48.5 Å². The van der Waals surface area contributed by atoms with Crippen LogP contribution in [0.25, 0.3) is 0 Å². The Kier molecular flexibility index (Phi) is 8.31. The molecule has 0 radical (unpaired) electrons. The third kappa shape index (κ3) is 6.68. The number of nitrogens with zero attached hydrogens (tertiary/aromatic N) is 2. The highest BCUT2D eigenvalue weighted by Gasteiger charge is 2.49. The lowest BCUT2D eigenvalue weighted by molar-refractivity contribution is -0.274. The maximum Gasteiger partial charge on any atom is 0.573 e. The van der Waals surface area contributed by atoms with Gasteiger partial charge in [0.2, 0.25) is 5.91 Å². The number of hydrogen-bond acceptors (Lipinski definition) is 4. The Hall–Kier alpha value is -3.77. The number of amides is 2. The molecule has 1 fully saturated rings. The first kappa shape index (κ1) is 29.2. The summed E-state index contributed by atoms with van der Waals surface area (Å²) >= 11 is 0. The molecular formula is C27H26F6N2O5. The van der Waals surface area contributed by atoms with E-state index in [0.717, 1.165) is 17.0 Å². The summed E-state index contributed by atoms with van der Waals surface area (Å²) in [7, 11) is 0. The minimum absolute atomic E-state index is 0.0832. The summed E-state index contributed by atoms with van der Waals surface area (Å²) in [5.74, 6) is -3.43. The van der Waals surface area contributed by atoms with Crippen LogP contribution in [0.1, 0.15) is 60.5 Å². The molecule has 0 spiro atoms. The minimum Gasteiger partial charge on any atom is -0.481 e. The number of carboxylic acid groups (broad SMARTS) is 1. The molecule has 0 saturated heterocycles. The predicted octanol–water partition coefficient (Wildman–Crippen LogP) is 6.10. The molecule has 7 nitrogen and oxygen atoms in total. The van der Waals surface area contributed by atoms with Gasteiger partial charge < -0.3 is 19.6 Å². The number of carbonyl (C=O) groups is 3. The van der Waals surface area contributed by atoms with Gasteiger partial charge in [0.1, 0.15) is 5.75 Å². The molecule has 1 N–H and O–H groups in total. The molecule has 2 aliphatic rings. The molecular weight excluding hydrogens is 546 g/mol. The number of carbonyl (C=O) groups excluding carboxylic acids is 2. The first-order valence-electron chi connectivity index (χ1n) is 12.6. The molecule has 2 aromatic rings. The maximum atomic E-state index is 13.7. The molecule has 1 heterocycles. The highest BCUT2D eigenvalue weighted by Crippen LogP contribution is 2.51. The van der Waals surface area contributed by atoms with Crippen LogP contribution in [0.2, 0.25) is 0 Å². The number of aliphatic carboxylic acids is 1. The number of anilines is 1. The summed E-state index contributed by atoms with van der Waals surface area (Å²) in [5, 5.41) is 9.04. The van der Waals surface area contributed by atoms with E-state index in [1.807, 2.05) is 0 Å². The average Bonchev–Trinajstić information content (AvgIpc) is 3.34. The average molecular weight is 573 g/mol. The Morgan fingerprint density at radius 2 is 1.62 bits per heavy atom. The highest BCUT2D eigenvalue weighted by molar-refractivity contribution is 6.07. The van der Waals surface area contributed by atoms with Gasteiger partial charge in [-0.2, -0.15) is 13.2 Å². The Labute approximate surface area is 225 Å². The topological polar surface area (TPSA) is 87.2 Å². The lowest BCUT2D eigenvalue weighted by Gasteiger charge is -2.47. The molecule has 13 heteroatoms. The van der Waals surface area contributed by atoms with Crippen LogP contribution in [0.3, 0.4) is 0 Å². The fourth-order valence-electron chi connectivity index (χ4n) is 5.65. The van der Waals surface area contributed by atoms with Crippen molar-refractivity contribution < 1.29 is 50.6 Å². The Bertz CT molecular complexity index is 1250. The quantitative estimate of drug-likeness (QED) is 0.387. The van der Waals surface area contributed by atoms with Gasteiger partial charge in [0.05, 0.1) is 18.9 Å². The molecule has 40 heavy (non-hydrogen) atoms. The minimum atomic E-state index is -4.90. The summed E-state index contributed by atoms with van der Waals surface area (Å²) in [5.41, 5.74) is 0.904. The molecule has 1 aliphatic heterocycles. The third-order valence-corrected chi connectivity index (χ3v) is 7.18. The van der Waals surface area contributed by atoms with Crippen molar-refractivity contribution in [3.8, 4) is 5.75 Å². The number of rotatable bonds is 8. The molecule has 2 aromatic carbocycles. The molecule has 0 aromatic heterocycles. The maximum absolute atomic E-state index is 13.7. The van der Waals surface area contributed by atoms with Crippen molar-refractivity contribution >= 4 is 23.5 Å². The molecule has 2 amide bonds. The van der Waals surface area contributed by atoms with E-state index in [2.05, 4.69) is 4.74 Å². The van der Waals surface area contributed by atoms with Gasteiger partial charge in [0.15, 0.2) is 0 Å². The van der Waals surface area contributed by atoms with Crippen LogP contribution >= 0.6 is 0 Å². The van der Waals surface area contributed by atoms with E-state index in [-0.39, 0.29) is 5.56 Å². The Balaban J connectivity index is 1.71. The van der Waals surface area contributed by atoms with Gasteiger partial charge >= 0.3 is 18.5 Å². The Morgan fingerprint density at radius 3 is 2.25 bits per heavy atom. The van der Waals surface area contributed by atoms with Crippen molar-refractivity contribution in [2.75, 3.05) is 11.4 Å². The van der Waals surface area contributed by atoms with Crippen molar-refractivity contribution in [1.29, 1.82) is 0 Å². The molecule has 216 valence electrons. The largest absolute Gasteiger partial charge is 0.573 e. The van der Waals surface area contributed by atoms with E-state index in [1.54, 1.807) is 24.3 Å². The lowest BCUT2D eigenvalue weighted by Crippen LogP contribution is -2.52. The second-order valence-electron chi connectivity index (χ2n) is 9.76. The number of alkyl halides is 6. The van der Waals surface area contributed by atoms with Crippen molar-refractivity contribution in [2.24, 2.45) is 5.92 Å². The molecule has 1 aliphatic carbocycles. The second-order valence-corrected chi connectivity index (χ2v) is 9.76. The van der Waals surface area contributed by atoms with Gasteiger partial charge in [0, 0.05) is 36.2 Å². The second kappa shape index (κ2) is 11.4. The fraction of sp³-hybridized carbons (Fsp3) is 0.444. The van der Waals surface area contributed by atoms with E-state index < -0.39 is 79.9 Å². The summed E-state index contributed by atoms with van der Waals surface area (Å²) in [4.78, 5) is 40.6. The van der Waals surface area contributed by atoms with Crippen LogP contribution in [-0.4, -0.2) is 52.9 Å². The lowest BCUT2D eigenvalue weighted by atomic mass is 9.81. The SMILES string of the molecule is O=C(O)CCC(=O)N(CCC(F)(F)F)C1c2ccccc2N(C(=O)c2ccc(OC(F)(F)F)cc2)C2CCCC12. The number of halogens is 6. The van der Waals surface area contributed by atoms with Crippen LogP contribution in [0.5, 0.6) is 5.75 Å². The third-order valence-electron chi connectivity index (χ3n) is 7.18. The number of para-hydroxylation sites is 1. The number of fused-ring (bicyclic) bond motifs is 2. The standard InChI is InChI=1S/C27H26F6N2O5/c28-26(29,30)14-15-34(22(36)12-13-23(37)38)24-18-4-1-2-6-20(18)35(21-7-3-5-19(21)24)25(39)16-8-10-17(11-9-16)40-27(31,32)33/h1-2,4,6,8-11,19,21,24H,3,5,7,12-15H2,(H,37,38). The molecule has 4 rings (SSSR count). The first-order valence-corrected chi connectivity index (χ1v) is 12.6. The van der Waals surface area contributed by atoms with E-state index in [9.17, 15) is 40.7 Å². The van der Waals surface area contributed by atoms with E-state index >= 15 is 0 Å². The zero-order valence-corrected chi connectivity index (χ0v) is 21.0. The first-order chi connectivity index (χ1) is 18.7. The van der Waals surface area contributed by atoms with E-state index in [0.29, 0.717) is 30.5 Å². The van der Waals surface area contributed by atoms with Crippen LogP contribution in [-0.2, 0) is 9.59 Å². The summed E-state index contributed by atoms with van der Waals surface area (Å²) in [6.07, 6.45) is -10.1. The Morgan fingerprint density at radius 1 is 0.950 bits per heavy atom. The monoisotopic (exact) mass is 572 g/mol. The summed E-state index contributed by atoms with van der Waals surface area (Å²) in [6.45, 7) is -0.668. The summed E-state index contributed by atoms with van der Waals surface area (Å²) < 4.78 is 81.3. The fourth-order valence-corrected chi connectivity index (χ4v) is 5.65. The molecule has 3 unspecified atom stereocenters. The zero-order chi connectivity index (χ0) is 29.2. The highest BCUT2D eigenvalue weighted by atomic mass is 19.4. The van der Waals surface area contributed by atoms with Crippen LogP contribution < -0.4 is 9.64 Å². The van der Waals surface area contributed by atoms with Crippen molar-refractivity contribution in [3.05, 3.63) is 59.7 Å². The number of benzene rings is 2. The summed E-state index contributed by atoms with van der Waals surface area (Å²) in [6, 6.07) is 9.63. The molecule has 1 saturated carbocycles. The van der Waals surface area contributed by atoms with E-state index in [4.69, 9.17) is 5.11 Å². The smallest absolute Gasteiger partial charge is 0.481 e. The van der Waals surface area contributed by atoms with Gasteiger partial charge in [-0.05, 0) is 48.7 Å². The van der Waals surface area contributed by atoms with Crippen LogP contribution in [0.4, 0.5) is 32.0 Å². The van der Waals surface area contributed by atoms with Crippen molar-refractivity contribution in [3.63, 3.8) is 0 Å². The predicted molar refractivity (Wildman–Crippen MR) is 130 cm³/mol. The van der Waals surface area contributed by atoms with Gasteiger partial charge in [0.25, 0.3) is 5.91 Å². The van der Waals surface area contributed by atoms with Gasteiger partial charge in [-0.25, -0.2) is 0 Å². The van der Waals surface area contributed by atoms with Gasteiger partial charge in [-0.1, -0.05) is 24.6 Å². The van der Waals surface area contributed by atoms with Crippen LogP contribution in [0, 0.1) is 5.92 Å². The number of ether oxygens (including phenoxy) is 1. The zero-order valence-electron chi connectivity index (χ0n) is 21.0. The number of carboxylic acids is 1. The number of hydrogen-bond donors (Lipinski definition) is 1.